The fourth-order valence-electron chi connectivity index (χ4n) is 1.78. The highest BCUT2D eigenvalue weighted by molar-refractivity contribution is 5.60. The first-order valence-corrected chi connectivity index (χ1v) is 6.14. The highest BCUT2D eigenvalue weighted by Crippen LogP contribution is 2.18. The second kappa shape index (κ2) is 6.28. The average Bonchev–Trinajstić information content (AvgIpc) is 2.89. The number of benzene rings is 1. The van der Waals surface area contributed by atoms with E-state index in [9.17, 15) is 0 Å². The average molecular weight is 246 g/mol. The van der Waals surface area contributed by atoms with Crippen molar-refractivity contribution in [3.63, 3.8) is 0 Å². The zero-order valence-electron chi connectivity index (χ0n) is 10.4. The summed E-state index contributed by atoms with van der Waals surface area (Å²) in [6.07, 6.45) is 0.884. The van der Waals surface area contributed by atoms with Crippen LogP contribution in [-0.2, 0) is 6.54 Å². The van der Waals surface area contributed by atoms with Gasteiger partial charge in [-0.05, 0) is 6.42 Å². The summed E-state index contributed by atoms with van der Waals surface area (Å²) in [6.45, 7) is 2.77. The lowest BCUT2D eigenvalue weighted by molar-refractivity contribution is 0.238. The molecule has 0 aliphatic heterocycles. The van der Waals surface area contributed by atoms with E-state index in [1.54, 1.807) is 0 Å². The molecule has 1 atom stereocenters. The third-order valence-corrected chi connectivity index (χ3v) is 2.94. The van der Waals surface area contributed by atoms with Crippen LogP contribution in [0.3, 0.4) is 0 Å². The third-order valence-electron chi connectivity index (χ3n) is 2.94. The first-order valence-electron chi connectivity index (χ1n) is 6.14. The minimum atomic E-state index is 0.102. The van der Waals surface area contributed by atoms with Crippen molar-refractivity contribution in [2.45, 2.75) is 25.9 Å². The van der Waals surface area contributed by atoms with Gasteiger partial charge in [0.15, 0.2) is 0 Å². The van der Waals surface area contributed by atoms with Crippen molar-refractivity contribution >= 4 is 0 Å². The molecule has 1 unspecified atom stereocenters. The van der Waals surface area contributed by atoms with Gasteiger partial charge in [-0.25, -0.2) is 0 Å². The topological polar surface area (TPSA) is 73.8 Å². The molecule has 2 rings (SSSR count). The molecular weight excluding hydrogens is 228 g/mol. The Bertz CT molecular complexity index is 465. The van der Waals surface area contributed by atoms with Gasteiger partial charge in [-0.15, -0.1) is 0 Å². The summed E-state index contributed by atoms with van der Waals surface area (Å²) in [5, 5.41) is 23.4. The molecular formula is C13H18N4O. The minimum absolute atomic E-state index is 0.102. The molecule has 2 aromatic rings. The Kier molecular flexibility index (Phi) is 4.44. The van der Waals surface area contributed by atoms with Crippen LogP contribution >= 0.6 is 0 Å². The summed E-state index contributed by atoms with van der Waals surface area (Å²) in [6, 6.07) is 10.0. The summed E-state index contributed by atoms with van der Waals surface area (Å²) in [5.74, 6) is 0. The number of H-pyrrole nitrogens is 1. The Morgan fingerprint density at radius 2 is 2.06 bits per heavy atom. The number of hydrogen-bond donors (Lipinski definition) is 3. The lowest BCUT2D eigenvalue weighted by Crippen LogP contribution is -2.31. The van der Waals surface area contributed by atoms with Crippen molar-refractivity contribution in [3.05, 3.63) is 36.0 Å². The molecule has 1 heterocycles. The van der Waals surface area contributed by atoms with E-state index in [2.05, 4.69) is 20.7 Å². The summed E-state index contributed by atoms with van der Waals surface area (Å²) >= 11 is 0. The lowest BCUT2D eigenvalue weighted by Gasteiger charge is -2.12. The lowest BCUT2D eigenvalue weighted by atomic mass is 10.1. The van der Waals surface area contributed by atoms with Crippen molar-refractivity contribution in [2.24, 2.45) is 0 Å². The van der Waals surface area contributed by atoms with Crippen LogP contribution in [0.4, 0.5) is 0 Å². The predicted octanol–water partition coefficient (Wildman–Crippen LogP) is 1.33. The van der Waals surface area contributed by atoms with Gasteiger partial charge in [-0.1, -0.05) is 37.3 Å². The summed E-state index contributed by atoms with van der Waals surface area (Å²) in [4.78, 5) is 0. The number of hydrogen-bond acceptors (Lipinski definition) is 4. The van der Waals surface area contributed by atoms with E-state index in [1.807, 2.05) is 37.3 Å². The molecule has 0 saturated heterocycles. The zero-order chi connectivity index (χ0) is 12.8. The van der Waals surface area contributed by atoms with Gasteiger partial charge in [-0.3, -0.25) is 0 Å². The van der Waals surface area contributed by atoms with Gasteiger partial charge in [0.25, 0.3) is 0 Å². The minimum Gasteiger partial charge on any atom is -0.395 e. The number of aliphatic hydroxyl groups excluding tert-OH is 1. The SMILES string of the molecule is CCC(CO)NCc1n[nH]nc1-c1ccccc1. The van der Waals surface area contributed by atoms with Crippen molar-refractivity contribution < 1.29 is 5.11 Å². The highest BCUT2D eigenvalue weighted by atomic mass is 16.3. The summed E-state index contributed by atoms with van der Waals surface area (Å²) in [5.41, 5.74) is 2.77. The van der Waals surface area contributed by atoms with Gasteiger partial charge in [0.2, 0.25) is 0 Å². The molecule has 0 amide bonds. The fourth-order valence-corrected chi connectivity index (χ4v) is 1.78. The molecule has 3 N–H and O–H groups in total. The number of rotatable bonds is 6. The molecule has 0 fully saturated rings. The summed E-state index contributed by atoms with van der Waals surface area (Å²) in [7, 11) is 0. The van der Waals surface area contributed by atoms with Crippen LogP contribution in [0.15, 0.2) is 30.3 Å². The molecule has 96 valence electrons. The molecule has 18 heavy (non-hydrogen) atoms. The maximum Gasteiger partial charge on any atom is 0.117 e. The largest absolute Gasteiger partial charge is 0.395 e. The van der Waals surface area contributed by atoms with E-state index in [0.29, 0.717) is 6.54 Å². The van der Waals surface area contributed by atoms with E-state index in [0.717, 1.165) is 23.4 Å². The third kappa shape index (κ3) is 2.94. The molecule has 0 saturated carbocycles. The fraction of sp³-hybridized carbons (Fsp3) is 0.385. The molecule has 5 nitrogen and oxygen atoms in total. The molecule has 0 bridgehead atoms. The Labute approximate surface area is 106 Å². The maximum atomic E-state index is 9.13. The van der Waals surface area contributed by atoms with Crippen molar-refractivity contribution in [3.8, 4) is 11.3 Å². The number of aromatic amines is 1. The first-order chi connectivity index (χ1) is 8.85. The predicted molar refractivity (Wildman–Crippen MR) is 69.8 cm³/mol. The van der Waals surface area contributed by atoms with E-state index < -0.39 is 0 Å². The van der Waals surface area contributed by atoms with E-state index in [4.69, 9.17) is 5.11 Å². The Balaban J connectivity index is 2.09. The van der Waals surface area contributed by atoms with Crippen LogP contribution in [0, 0.1) is 0 Å². The summed E-state index contributed by atoms with van der Waals surface area (Å²) < 4.78 is 0. The Morgan fingerprint density at radius 3 is 2.72 bits per heavy atom. The zero-order valence-corrected chi connectivity index (χ0v) is 10.4. The second-order valence-corrected chi connectivity index (χ2v) is 4.15. The van der Waals surface area contributed by atoms with E-state index >= 15 is 0 Å². The highest BCUT2D eigenvalue weighted by Gasteiger charge is 2.11. The van der Waals surface area contributed by atoms with E-state index in [1.165, 1.54) is 0 Å². The van der Waals surface area contributed by atoms with Gasteiger partial charge < -0.3 is 10.4 Å². The van der Waals surface area contributed by atoms with Gasteiger partial charge in [0, 0.05) is 18.2 Å². The Morgan fingerprint density at radius 1 is 1.28 bits per heavy atom. The van der Waals surface area contributed by atoms with E-state index in [-0.39, 0.29) is 12.6 Å². The second-order valence-electron chi connectivity index (χ2n) is 4.15. The molecule has 1 aromatic heterocycles. The molecule has 0 radical (unpaired) electrons. The van der Waals surface area contributed by atoms with Gasteiger partial charge >= 0.3 is 0 Å². The molecule has 1 aromatic carbocycles. The van der Waals surface area contributed by atoms with Crippen LogP contribution in [0.25, 0.3) is 11.3 Å². The van der Waals surface area contributed by atoms with Crippen molar-refractivity contribution in [1.29, 1.82) is 0 Å². The number of nitrogens with one attached hydrogen (secondary N) is 2. The maximum absolute atomic E-state index is 9.13. The number of aromatic nitrogens is 3. The molecule has 5 heteroatoms. The molecule has 0 aliphatic rings. The van der Waals surface area contributed by atoms with Crippen LogP contribution in [0.2, 0.25) is 0 Å². The standard InChI is InChI=1S/C13H18N4O/c1-2-11(9-18)14-8-12-13(16-17-15-12)10-6-4-3-5-7-10/h3-7,11,14,18H,2,8-9H2,1H3,(H,15,16,17). The first kappa shape index (κ1) is 12.7. The van der Waals surface area contributed by atoms with Gasteiger partial charge in [0.05, 0.1) is 6.61 Å². The van der Waals surface area contributed by atoms with Crippen LogP contribution < -0.4 is 5.32 Å². The molecule has 0 spiro atoms. The number of nitrogens with zero attached hydrogens (tertiary/aromatic N) is 2. The van der Waals surface area contributed by atoms with Crippen LogP contribution in [0.5, 0.6) is 0 Å². The van der Waals surface area contributed by atoms with Crippen molar-refractivity contribution in [2.75, 3.05) is 6.61 Å². The van der Waals surface area contributed by atoms with Crippen molar-refractivity contribution in [1.82, 2.24) is 20.7 Å². The van der Waals surface area contributed by atoms with Gasteiger partial charge in [0.1, 0.15) is 11.4 Å². The normalized spacial score (nSPS) is 12.6. The van der Waals surface area contributed by atoms with Crippen LogP contribution in [0.1, 0.15) is 19.0 Å². The number of aliphatic hydroxyl groups is 1. The monoisotopic (exact) mass is 246 g/mol. The molecule has 0 aliphatic carbocycles. The quantitative estimate of drug-likeness (QED) is 0.719. The smallest absolute Gasteiger partial charge is 0.117 e. The van der Waals surface area contributed by atoms with Gasteiger partial charge in [-0.2, -0.15) is 15.4 Å². The Hall–Kier alpha value is -1.72. The van der Waals surface area contributed by atoms with Crippen LogP contribution in [-0.4, -0.2) is 33.2 Å².